The van der Waals surface area contributed by atoms with E-state index in [1.165, 1.54) is 0 Å². The lowest BCUT2D eigenvalue weighted by molar-refractivity contribution is 0.242. The number of hydrogen-bond acceptors (Lipinski definition) is 4. The lowest BCUT2D eigenvalue weighted by atomic mass is 9.97. The van der Waals surface area contributed by atoms with Gasteiger partial charge in [0.05, 0.1) is 11.8 Å². The van der Waals surface area contributed by atoms with E-state index in [-0.39, 0.29) is 12.0 Å². The molecule has 1 atom stereocenters. The Labute approximate surface area is 108 Å². The Morgan fingerprint density at radius 3 is 2.44 bits per heavy atom. The average Bonchev–Trinajstić information content (AvgIpc) is 2.33. The molecule has 18 heavy (non-hydrogen) atoms. The fourth-order valence-electron chi connectivity index (χ4n) is 1.83. The Morgan fingerprint density at radius 1 is 1.22 bits per heavy atom. The van der Waals surface area contributed by atoms with Crippen molar-refractivity contribution in [1.82, 2.24) is 0 Å². The number of benzene rings is 1. The quantitative estimate of drug-likeness (QED) is 0.889. The average molecular weight is 245 g/mol. The van der Waals surface area contributed by atoms with Gasteiger partial charge in [-0.15, -0.1) is 5.10 Å². The van der Waals surface area contributed by atoms with Gasteiger partial charge < -0.3 is 10.5 Å². The maximum absolute atomic E-state index is 5.72. The molecule has 0 aromatic heterocycles. The molecule has 0 aliphatic carbocycles. The minimum absolute atomic E-state index is 0.187. The zero-order valence-corrected chi connectivity index (χ0v) is 11.1. The van der Waals surface area contributed by atoms with Gasteiger partial charge in [0.2, 0.25) is 0 Å². The van der Waals surface area contributed by atoms with Crippen molar-refractivity contribution in [2.24, 2.45) is 21.9 Å². The van der Waals surface area contributed by atoms with Gasteiger partial charge in [-0.3, -0.25) is 0 Å². The Balaban J connectivity index is 2.15. The third-order valence-corrected chi connectivity index (χ3v) is 2.85. The van der Waals surface area contributed by atoms with Crippen LogP contribution in [0.2, 0.25) is 0 Å². The maximum atomic E-state index is 5.72. The summed E-state index contributed by atoms with van der Waals surface area (Å²) in [6.45, 7) is 6.08. The molecule has 0 fully saturated rings. The molecule has 0 saturated carbocycles. The number of ether oxygens (including phenoxy) is 1. The Morgan fingerprint density at radius 2 is 1.89 bits per heavy atom. The molecule has 0 radical (unpaired) electrons. The van der Waals surface area contributed by atoms with Crippen molar-refractivity contribution >= 4 is 11.5 Å². The first kappa shape index (κ1) is 12.6. The van der Waals surface area contributed by atoms with Crippen LogP contribution in [-0.2, 0) is 0 Å². The van der Waals surface area contributed by atoms with Crippen molar-refractivity contribution in [3.05, 3.63) is 29.8 Å². The second-order valence-electron chi connectivity index (χ2n) is 4.87. The lowest BCUT2D eigenvalue weighted by Crippen LogP contribution is -2.26. The van der Waals surface area contributed by atoms with Crippen LogP contribution in [-0.4, -0.2) is 17.7 Å². The van der Waals surface area contributed by atoms with Gasteiger partial charge in [-0.05, 0) is 43.7 Å². The van der Waals surface area contributed by atoms with Crippen molar-refractivity contribution in [1.29, 1.82) is 0 Å². The SMILES string of the molecule is CC(C)Oc1ccc(C2=NN=C(N)C(C)C2)cc1. The van der Waals surface area contributed by atoms with Gasteiger partial charge in [0, 0.05) is 12.3 Å². The molecule has 4 heteroatoms. The molecular formula is C14H19N3O. The number of nitrogens with zero attached hydrogens (tertiary/aromatic N) is 2. The van der Waals surface area contributed by atoms with E-state index in [1.54, 1.807) is 0 Å². The number of hydrogen-bond donors (Lipinski definition) is 1. The minimum Gasteiger partial charge on any atom is -0.491 e. The van der Waals surface area contributed by atoms with Crippen LogP contribution < -0.4 is 10.5 Å². The van der Waals surface area contributed by atoms with Crippen LogP contribution in [0.3, 0.4) is 0 Å². The summed E-state index contributed by atoms with van der Waals surface area (Å²) >= 11 is 0. The zero-order valence-electron chi connectivity index (χ0n) is 11.1. The Hall–Kier alpha value is -1.84. The smallest absolute Gasteiger partial charge is 0.125 e. The summed E-state index contributed by atoms with van der Waals surface area (Å²) in [5, 5.41) is 8.15. The highest BCUT2D eigenvalue weighted by atomic mass is 16.5. The summed E-state index contributed by atoms with van der Waals surface area (Å²) in [5.74, 6) is 1.74. The molecule has 0 saturated heterocycles. The van der Waals surface area contributed by atoms with Crippen LogP contribution in [0.4, 0.5) is 0 Å². The topological polar surface area (TPSA) is 60.0 Å². The van der Waals surface area contributed by atoms with Crippen molar-refractivity contribution < 1.29 is 4.74 Å². The molecule has 0 amide bonds. The van der Waals surface area contributed by atoms with Gasteiger partial charge in [0.25, 0.3) is 0 Å². The van der Waals surface area contributed by atoms with Crippen molar-refractivity contribution in [2.45, 2.75) is 33.3 Å². The van der Waals surface area contributed by atoms with E-state index in [1.807, 2.05) is 38.1 Å². The van der Waals surface area contributed by atoms with Gasteiger partial charge in [-0.25, -0.2) is 0 Å². The monoisotopic (exact) mass is 245 g/mol. The molecule has 1 unspecified atom stereocenters. The maximum Gasteiger partial charge on any atom is 0.125 e. The molecule has 1 aromatic carbocycles. The van der Waals surface area contributed by atoms with Gasteiger partial charge in [0.15, 0.2) is 0 Å². The predicted molar refractivity (Wildman–Crippen MR) is 74.1 cm³/mol. The third kappa shape index (κ3) is 2.88. The highest BCUT2D eigenvalue weighted by molar-refractivity contribution is 6.04. The Bertz CT molecular complexity index is 474. The molecule has 0 spiro atoms. The van der Waals surface area contributed by atoms with E-state index in [9.17, 15) is 0 Å². The summed E-state index contributed by atoms with van der Waals surface area (Å²) in [4.78, 5) is 0. The Kier molecular flexibility index (Phi) is 3.65. The first-order chi connectivity index (χ1) is 8.56. The van der Waals surface area contributed by atoms with Gasteiger partial charge in [-0.1, -0.05) is 6.92 Å². The van der Waals surface area contributed by atoms with Crippen LogP contribution >= 0.6 is 0 Å². The van der Waals surface area contributed by atoms with Gasteiger partial charge >= 0.3 is 0 Å². The van der Waals surface area contributed by atoms with Crippen molar-refractivity contribution in [3.8, 4) is 5.75 Å². The number of nitrogens with two attached hydrogens (primary N) is 1. The van der Waals surface area contributed by atoms with E-state index in [0.29, 0.717) is 5.84 Å². The second-order valence-corrected chi connectivity index (χ2v) is 4.87. The summed E-state index contributed by atoms with van der Waals surface area (Å²) in [7, 11) is 0. The van der Waals surface area contributed by atoms with E-state index in [4.69, 9.17) is 10.5 Å². The molecule has 2 N–H and O–H groups in total. The molecule has 4 nitrogen and oxygen atoms in total. The molecule has 1 aromatic rings. The largest absolute Gasteiger partial charge is 0.491 e. The minimum atomic E-state index is 0.187. The summed E-state index contributed by atoms with van der Waals surface area (Å²) in [5.41, 5.74) is 7.78. The standard InChI is InChI=1S/C14H19N3O/c1-9(2)18-12-6-4-11(5-7-12)13-8-10(3)14(15)17-16-13/h4-7,9-10H,8H2,1-3H3,(H2,15,17). The fraction of sp³-hybridized carbons (Fsp3) is 0.429. The van der Waals surface area contributed by atoms with E-state index in [0.717, 1.165) is 23.4 Å². The van der Waals surface area contributed by atoms with Crippen LogP contribution in [0.5, 0.6) is 5.75 Å². The number of rotatable bonds is 3. The summed E-state index contributed by atoms with van der Waals surface area (Å²) in [6.07, 6.45) is 1.02. The fourth-order valence-corrected chi connectivity index (χ4v) is 1.83. The van der Waals surface area contributed by atoms with Gasteiger partial charge in [0.1, 0.15) is 11.6 Å². The van der Waals surface area contributed by atoms with E-state index >= 15 is 0 Å². The third-order valence-electron chi connectivity index (χ3n) is 2.85. The first-order valence-corrected chi connectivity index (χ1v) is 6.23. The van der Waals surface area contributed by atoms with Crippen molar-refractivity contribution in [2.75, 3.05) is 0 Å². The molecule has 1 aliphatic rings. The molecule has 1 heterocycles. The van der Waals surface area contributed by atoms with Crippen LogP contribution in [0.1, 0.15) is 32.8 Å². The molecule has 0 bridgehead atoms. The van der Waals surface area contributed by atoms with Crippen LogP contribution in [0.25, 0.3) is 0 Å². The van der Waals surface area contributed by atoms with E-state index in [2.05, 4.69) is 17.1 Å². The normalized spacial score (nSPS) is 19.4. The lowest BCUT2D eigenvalue weighted by Gasteiger charge is -2.16. The molecular weight excluding hydrogens is 226 g/mol. The predicted octanol–water partition coefficient (Wildman–Crippen LogP) is 2.57. The zero-order chi connectivity index (χ0) is 13.1. The molecule has 2 rings (SSSR count). The first-order valence-electron chi connectivity index (χ1n) is 6.23. The highest BCUT2D eigenvalue weighted by Crippen LogP contribution is 2.19. The number of amidine groups is 1. The molecule has 1 aliphatic heterocycles. The van der Waals surface area contributed by atoms with Gasteiger partial charge in [-0.2, -0.15) is 5.10 Å². The summed E-state index contributed by atoms with van der Waals surface area (Å²) in [6, 6.07) is 7.95. The van der Waals surface area contributed by atoms with Crippen LogP contribution in [0.15, 0.2) is 34.5 Å². The van der Waals surface area contributed by atoms with Crippen LogP contribution in [0, 0.1) is 5.92 Å². The summed E-state index contributed by atoms with van der Waals surface area (Å²) < 4.78 is 5.61. The molecule has 96 valence electrons. The van der Waals surface area contributed by atoms with E-state index < -0.39 is 0 Å². The highest BCUT2D eigenvalue weighted by Gasteiger charge is 2.17. The van der Waals surface area contributed by atoms with Crippen molar-refractivity contribution in [3.63, 3.8) is 0 Å². The second kappa shape index (κ2) is 5.21.